The summed E-state index contributed by atoms with van der Waals surface area (Å²) < 4.78 is 79.2. The lowest BCUT2D eigenvalue weighted by Gasteiger charge is -2.38. The van der Waals surface area contributed by atoms with Crippen LogP contribution in [0, 0.1) is 0 Å². The van der Waals surface area contributed by atoms with E-state index in [1.165, 1.54) is 24.3 Å². The number of pyridine rings is 2. The smallest absolute Gasteiger partial charge is 0.412 e. The van der Waals surface area contributed by atoms with Gasteiger partial charge in [0.1, 0.15) is 13.2 Å². The Bertz CT molecular complexity index is 1920. The summed E-state index contributed by atoms with van der Waals surface area (Å²) in [4.78, 5) is 20.5. The second kappa shape index (κ2) is 20.8. The van der Waals surface area contributed by atoms with Gasteiger partial charge in [0.25, 0.3) is 0 Å². The molecular weight excluding hydrogens is 815 g/mol. The molecule has 0 radical (unpaired) electrons. The Kier molecular flexibility index (Phi) is 16.5. The zero-order valence-corrected chi connectivity index (χ0v) is 34.1. The molecule has 0 aliphatic heterocycles. The van der Waals surface area contributed by atoms with Crippen molar-refractivity contribution in [2.75, 3.05) is 14.1 Å². The Labute approximate surface area is 350 Å². The third kappa shape index (κ3) is 10.8. The fourth-order valence-electron chi connectivity index (χ4n) is 7.56. The maximum atomic E-state index is 13.2. The van der Waals surface area contributed by atoms with E-state index in [2.05, 4.69) is 30.9 Å². The Morgan fingerprint density at radius 1 is 0.627 bits per heavy atom. The largest absolute Gasteiger partial charge is 0.416 e. The van der Waals surface area contributed by atoms with Crippen molar-refractivity contribution in [3.8, 4) is 0 Å². The lowest BCUT2D eigenvalue weighted by molar-refractivity contribution is -0.139. The number of nitrogens with zero attached hydrogens (tertiary/aromatic N) is 4. The first-order valence-electron chi connectivity index (χ1n) is 18.7. The molecule has 9 nitrogen and oxygen atoms in total. The van der Waals surface area contributed by atoms with Gasteiger partial charge in [-0.05, 0) is 73.9 Å². The highest BCUT2D eigenvalue weighted by atomic mass is 32.1. The summed E-state index contributed by atoms with van der Waals surface area (Å²) in [5.74, 6) is 0. The van der Waals surface area contributed by atoms with Crippen molar-refractivity contribution in [2.45, 2.75) is 87.8 Å². The molecule has 2 unspecified atom stereocenters. The number of nitrogens with one attached hydrogen (secondary N) is 2. The van der Waals surface area contributed by atoms with E-state index < -0.39 is 34.3 Å². The minimum atomic E-state index is -4.44. The van der Waals surface area contributed by atoms with Gasteiger partial charge in [-0.25, -0.2) is 0 Å². The molecule has 0 amide bonds. The highest BCUT2D eigenvalue weighted by molar-refractivity contribution is 7.80. The van der Waals surface area contributed by atoms with Gasteiger partial charge in [0.05, 0.1) is 43.4 Å². The predicted molar refractivity (Wildman–Crippen MR) is 223 cm³/mol. The lowest BCUT2D eigenvalue weighted by atomic mass is 9.68. The van der Waals surface area contributed by atoms with Gasteiger partial charge in [0, 0.05) is 50.0 Å². The maximum Gasteiger partial charge on any atom is 0.416 e. The quantitative estimate of drug-likeness (QED) is 0.0920. The van der Waals surface area contributed by atoms with Gasteiger partial charge in [-0.3, -0.25) is 9.97 Å². The van der Waals surface area contributed by atoms with Crippen LogP contribution in [-0.2, 0) is 46.1 Å². The first-order chi connectivity index (χ1) is 27.8. The van der Waals surface area contributed by atoms with E-state index in [4.69, 9.17) is 34.1 Å². The number of benzene rings is 2. The number of oxime groups is 2. The third-order valence-electron chi connectivity index (χ3n) is 10.4. The topological polar surface area (TPSA) is 125 Å². The molecule has 2 aliphatic rings. The summed E-state index contributed by atoms with van der Waals surface area (Å²) in [7, 11) is 3.51. The van der Waals surface area contributed by atoms with Crippen molar-refractivity contribution < 1.29 is 41.5 Å². The molecule has 4 N–H and O–H groups in total. The molecule has 0 spiro atoms. The summed E-state index contributed by atoms with van der Waals surface area (Å²) in [6, 6.07) is 18.3. The zero-order chi connectivity index (χ0) is 41.8. The van der Waals surface area contributed by atoms with Gasteiger partial charge in [0.15, 0.2) is 0 Å². The average molecular weight is 861 g/mol. The van der Waals surface area contributed by atoms with Crippen LogP contribution in [0.4, 0.5) is 26.3 Å². The van der Waals surface area contributed by atoms with Crippen LogP contribution in [0.25, 0.3) is 0 Å². The minimum Gasteiger partial charge on any atom is -0.412 e. The van der Waals surface area contributed by atoms with Crippen LogP contribution >= 0.6 is 24.4 Å². The predicted octanol–water partition coefficient (Wildman–Crippen LogP) is 9.24. The van der Waals surface area contributed by atoms with Gasteiger partial charge < -0.3 is 25.8 Å². The van der Waals surface area contributed by atoms with Crippen molar-refractivity contribution in [3.05, 3.63) is 131 Å². The highest BCUT2D eigenvalue weighted by Gasteiger charge is 2.45. The van der Waals surface area contributed by atoms with Crippen LogP contribution in [0.1, 0.15) is 84.7 Å². The van der Waals surface area contributed by atoms with E-state index in [0.29, 0.717) is 34.2 Å². The van der Waals surface area contributed by atoms with Crippen molar-refractivity contribution in [1.82, 2.24) is 20.6 Å². The molecule has 2 aromatic carbocycles. The minimum absolute atomic E-state index is 0. The highest BCUT2D eigenvalue weighted by Crippen LogP contribution is 2.40. The van der Waals surface area contributed by atoms with Crippen LogP contribution in [-0.4, -0.2) is 50.9 Å². The SMILES string of the molecule is CNC(=S)C1(c2cccnc2)CCCC/C1=N/OCc1ccccc1C(F)(F)F.CNC(=S)C1(c2cccnc2)CCCC/C1=N/OCc1ccccc1C(F)(F)F.O. The molecular formula is C42H46F6N6O3S2. The van der Waals surface area contributed by atoms with E-state index in [-0.39, 0.29) is 29.8 Å². The lowest BCUT2D eigenvalue weighted by Crippen LogP contribution is -2.50. The van der Waals surface area contributed by atoms with Crippen molar-refractivity contribution >= 4 is 45.8 Å². The summed E-state index contributed by atoms with van der Waals surface area (Å²) >= 11 is 11.3. The zero-order valence-electron chi connectivity index (χ0n) is 32.5. The van der Waals surface area contributed by atoms with Crippen LogP contribution in [0.15, 0.2) is 108 Å². The van der Waals surface area contributed by atoms with Gasteiger partial charge in [0.2, 0.25) is 0 Å². The Morgan fingerprint density at radius 3 is 1.36 bits per heavy atom. The van der Waals surface area contributed by atoms with E-state index in [1.54, 1.807) is 51.0 Å². The second-order valence-corrected chi connectivity index (χ2v) is 14.6. The fraction of sp³-hybridized carbons (Fsp3) is 0.381. The number of hydrogen-bond acceptors (Lipinski definition) is 8. The van der Waals surface area contributed by atoms with Gasteiger partial charge in [-0.2, -0.15) is 26.3 Å². The summed E-state index contributed by atoms with van der Waals surface area (Å²) in [5, 5.41) is 14.7. The number of thiocarbonyl (C=S) groups is 2. The van der Waals surface area contributed by atoms with Gasteiger partial charge in [-0.1, -0.05) is 96.1 Å². The molecule has 2 saturated carbocycles. The van der Waals surface area contributed by atoms with Crippen molar-refractivity contribution in [2.24, 2.45) is 10.3 Å². The number of halogens is 6. The average Bonchev–Trinajstić information content (AvgIpc) is 3.24. The van der Waals surface area contributed by atoms with Crippen LogP contribution in [0.5, 0.6) is 0 Å². The maximum absolute atomic E-state index is 13.2. The molecule has 2 fully saturated rings. The standard InChI is InChI=1S/2C21H22F3N3OS.H2O/c2*1-25-19(29)20(16-8-6-12-26-13-16)11-5-4-10-18(20)27-28-14-15-7-2-3-9-17(15)21(22,23)24;/h2*2-3,6-9,12-13H,4-5,10-11,14H2,1H3,(H,25,29);1H2/b2*27-18-;. The van der Waals surface area contributed by atoms with E-state index >= 15 is 0 Å². The molecule has 17 heteroatoms. The molecule has 59 heavy (non-hydrogen) atoms. The molecule has 0 saturated heterocycles. The van der Waals surface area contributed by atoms with Crippen molar-refractivity contribution in [1.29, 1.82) is 0 Å². The summed E-state index contributed by atoms with van der Waals surface area (Å²) in [5.41, 5.74) is 0.545. The number of aromatic nitrogens is 2. The van der Waals surface area contributed by atoms with Crippen LogP contribution in [0.2, 0.25) is 0 Å². The van der Waals surface area contributed by atoms with Gasteiger partial charge in [-0.15, -0.1) is 0 Å². The summed E-state index contributed by atoms with van der Waals surface area (Å²) in [6.07, 6.45) is 4.50. The van der Waals surface area contributed by atoms with E-state index in [0.717, 1.165) is 61.8 Å². The molecule has 2 aromatic heterocycles. The van der Waals surface area contributed by atoms with Crippen molar-refractivity contribution in [3.63, 3.8) is 0 Å². The number of hydrogen-bond donors (Lipinski definition) is 2. The number of alkyl halides is 6. The Hall–Kier alpha value is -5.00. The molecule has 2 heterocycles. The first kappa shape index (κ1) is 46.7. The normalized spacial score (nSPS) is 20.7. The molecule has 6 rings (SSSR count). The number of rotatable bonds is 10. The van der Waals surface area contributed by atoms with Crippen LogP contribution in [0.3, 0.4) is 0 Å². The second-order valence-electron chi connectivity index (χ2n) is 13.8. The summed E-state index contributed by atoms with van der Waals surface area (Å²) in [6.45, 7) is -0.538. The molecule has 0 bridgehead atoms. The Balaban J connectivity index is 0.000000256. The van der Waals surface area contributed by atoms with Crippen LogP contribution < -0.4 is 10.6 Å². The molecule has 2 atom stereocenters. The van der Waals surface area contributed by atoms with Gasteiger partial charge >= 0.3 is 12.4 Å². The molecule has 4 aromatic rings. The fourth-order valence-corrected chi connectivity index (χ4v) is 8.24. The monoisotopic (exact) mass is 860 g/mol. The number of likely N-dealkylation sites (N-methyl/N-ethyl adjacent to an activating group) is 2. The molecule has 2 aliphatic carbocycles. The molecule has 316 valence electrons. The van der Waals surface area contributed by atoms with E-state index in [1.807, 2.05) is 24.3 Å². The first-order valence-corrected chi connectivity index (χ1v) is 19.5. The third-order valence-corrected chi connectivity index (χ3v) is 11.5. The Morgan fingerprint density at radius 2 is 1.02 bits per heavy atom. The van der Waals surface area contributed by atoms with E-state index in [9.17, 15) is 26.3 Å².